The van der Waals surface area contributed by atoms with Crippen molar-refractivity contribution in [3.8, 4) is 0 Å². The molecule has 0 aliphatic rings. The lowest BCUT2D eigenvalue weighted by Gasteiger charge is -2.18. The number of nitrogens with one attached hydrogen (secondary N) is 2. The molecule has 4 heteroatoms. The maximum atomic E-state index is 11.8. The molecule has 0 fully saturated rings. The molecule has 0 saturated carbocycles. The fourth-order valence-electron chi connectivity index (χ4n) is 1.59. The maximum Gasteiger partial charge on any atom is 0.229 e. The SMILES string of the molecule is CC(C)C(C(=O)NCCN)c1c[c]c[nH]1. The van der Waals surface area contributed by atoms with Crippen LogP contribution in [0.4, 0.5) is 0 Å². The molecule has 0 bridgehead atoms. The number of aromatic amines is 1. The van der Waals surface area contributed by atoms with E-state index in [1.807, 2.05) is 19.9 Å². The molecule has 0 aromatic carbocycles. The van der Waals surface area contributed by atoms with Crippen molar-refractivity contribution in [1.82, 2.24) is 10.3 Å². The van der Waals surface area contributed by atoms with Gasteiger partial charge in [0, 0.05) is 31.0 Å². The lowest BCUT2D eigenvalue weighted by Crippen LogP contribution is -2.35. The highest BCUT2D eigenvalue weighted by Crippen LogP contribution is 2.22. The standard InChI is InChI=1S/C11H18N3O/c1-8(2)10(9-4-3-6-13-9)11(15)14-7-5-12/h4,6,8,10,13H,5,7,12H2,1-2H3,(H,14,15). The lowest BCUT2D eigenvalue weighted by molar-refractivity contribution is -0.123. The monoisotopic (exact) mass is 208 g/mol. The van der Waals surface area contributed by atoms with Crippen LogP contribution in [-0.2, 0) is 4.79 Å². The number of H-pyrrole nitrogens is 1. The van der Waals surface area contributed by atoms with Crippen LogP contribution in [0.2, 0.25) is 0 Å². The van der Waals surface area contributed by atoms with Gasteiger partial charge in [0.2, 0.25) is 5.91 Å². The third-order valence-corrected chi connectivity index (χ3v) is 2.29. The molecule has 1 atom stereocenters. The minimum absolute atomic E-state index is 0.0197. The third kappa shape index (κ3) is 3.09. The Kier molecular flexibility index (Phi) is 4.37. The predicted octanol–water partition coefficient (Wildman–Crippen LogP) is 0.629. The summed E-state index contributed by atoms with van der Waals surface area (Å²) < 4.78 is 0. The van der Waals surface area contributed by atoms with Crippen LogP contribution in [0.1, 0.15) is 25.5 Å². The van der Waals surface area contributed by atoms with Crippen LogP contribution >= 0.6 is 0 Å². The first-order valence-electron chi connectivity index (χ1n) is 5.19. The molecule has 0 saturated heterocycles. The summed E-state index contributed by atoms with van der Waals surface area (Å²) in [5.41, 5.74) is 6.25. The van der Waals surface area contributed by atoms with Crippen molar-refractivity contribution in [3.63, 3.8) is 0 Å². The topological polar surface area (TPSA) is 70.9 Å². The molecule has 0 spiro atoms. The van der Waals surface area contributed by atoms with Gasteiger partial charge in [-0.25, -0.2) is 0 Å². The van der Waals surface area contributed by atoms with E-state index in [1.54, 1.807) is 6.20 Å². The number of aromatic nitrogens is 1. The Hall–Kier alpha value is -1.29. The molecule has 1 amide bonds. The molecule has 1 aromatic rings. The molecule has 15 heavy (non-hydrogen) atoms. The van der Waals surface area contributed by atoms with Crippen molar-refractivity contribution in [2.45, 2.75) is 19.8 Å². The van der Waals surface area contributed by atoms with Crippen LogP contribution < -0.4 is 11.1 Å². The van der Waals surface area contributed by atoms with E-state index in [4.69, 9.17) is 5.73 Å². The number of carbonyl (C=O) groups is 1. The van der Waals surface area contributed by atoms with Gasteiger partial charge in [0.15, 0.2) is 0 Å². The Balaban J connectivity index is 2.71. The van der Waals surface area contributed by atoms with E-state index in [0.29, 0.717) is 13.1 Å². The van der Waals surface area contributed by atoms with E-state index >= 15 is 0 Å². The summed E-state index contributed by atoms with van der Waals surface area (Å²) in [5, 5.41) is 2.80. The minimum Gasteiger partial charge on any atom is -0.364 e. The molecular weight excluding hydrogens is 190 g/mol. The molecule has 1 rings (SSSR count). The van der Waals surface area contributed by atoms with E-state index in [2.05, 4.69) is 16.4 Å². The summed E-state index contributed by atoms with van der Waals surface area (Å²) in [6.07, 6.45) is 1.71. The highest BCUT2D eigenvalue weighted by atomic mass is 16.1. The molecule has 4 nitrogen and oxygen atoms in total. The van der Waals surface area contributed by atoms with E-state index in [9.17, 15) is 4.79 Å². The van der Waals surface area contributed by atoms with E-state index in [1.165, 1.54) is 0 Å². The van der Waals surface area contributed by atoms with Gasteiger partial charge in [-0.2, -0.15) is 0 Å². The number of nitrogens with two attached hydrogens (primary N) is 1. The Morgan fingerprint density at radius 3 is 2.87 bits per heavy atom. The first kappa shape index (κ1) is 11.8. The Morgan fingerprint density at radius 1 is 1.67 bits per heavy atom. The molecule has 1 unspecified atom stereocenters. The van der Waals surface area contributed by atoms with Gasteiger partial charge in [0.05, 0.1) is 5.92 Å². The van der Waals surface area contributed by atoms with Crippen molar-refractivity contribution < 1.29 is 4.79 Å². The Bertz CT molecular complexity index is 293. The number of rotatable bonds is 5. The summed E-state index contributed by atoms with van der Waals surface area (Å²) >= 11 is 0. The average molecular weight is 208 g/mol. The number of hydrogen-bond donors (Lipinski definition) is 3. The van der Waals surface area contributed by atoms with Gasteiger partial charge in [0.25, 0.3) is 0 Å². The Morgan fingerprint density at radius 2 is 2.40 bits per heavy atom. The predicted molar refractivity (Wildman–Crippen MR) is 59.3 cm³/mol. The van der Waals surface area contributed by atoms with Crippen LogP contribution in [0.15, 0.2) is 12.3 Å². The van der Waals surface area contributed by atoms with Crippen LogP contribution in [0, 0.1) is 12.0 Å². The van der Waals surface area contributed by atoms with Crippen LogP contribution in [0.5, 0.6) is 0 Å². The van der Waals surface area contributed by atoms with Crippen LogP contribution in [0.25, 0.3) is 0 Å². The summed E-state index contributed by atoms with van der Waals surface area (Å²) in [6, 6.07) is 4.73. The van der Waals surface area contributed by atoms with Crippen molar-refractivity contribution in [3.05, 3.63) is 24.0 Å². The highest BCUT2D eigenvalue weighted by molar-refractivity contribution is 5.83. The van der Waals surface area contributed by atoms with Gasteiger partial charge in [0.1, 0.15) is 0 Å². The van der Waals surface area contributed by atoms with Crippen molar-refractivity contribution in [2.24, 2.45) is 11.7 Å². The largest absolute Gasteiger partial charge is 0.364 e. The van der Waals surface area contributed by atoms with Gasteiger partial charge >= 0.3 is 0 Å². The fraction of sp³-hybridized carbons (Fsp3) is 0.545. The van der Waals surface area contributed by atoms with Crippen LogP contribution in [-0.4, -0.2) is 24.0 Å². The van der Waals surface area contributed by atoms with Crippen molar-refractivity contribution in [2.75, 3.05) is 13.1 Å². The zero-order valence-corrected chi connectivity index (χ0v) is 9.21. The molecule has 1 radical (unpaired) electrons. The number of carbonyl (C=O) groups excluding carboxylic acids is 1. The van der Waals surface area contributed by atoms with Gasteiger partial charge < -0.3 is 16.0 Å². The zero-order chi connectivity index (χ0) is 11.3. The second-order valence-corrected chi connectivity index (χ2v) is 3.86. The molecule has 4 N–H and O–H groups in total. The van der Waals surface area contributed by atoms with Crippen LogP contribution in [0.3, 0.4) is 0 Å². The molecule has 0 aliphatic carbocycles. The summed E-state index contributed by atoms with van der Waals surface area (Å²) in [6.45, 7) is 5.03. The fourth-order valence-corrected chi connectivity index (χ4v) is 1.59. The quantitative estimate of drug-likeness (QED) is 0.664. The second kappa shape index (κ2) is 5.56. The Labute approximate surface area is 90.2 Å². The van der Waals surface area contributed by atoms with Crippen molar-refractivity contribution >= 4 is 5.91 Å². The normalized spacial score (nSPS) is 12.8. The smallest absolute Gasteiger partial charge is 0.229 e. The third-order valence-electron chi connectivity index (χ3n) is 2.29. The molecule has 0 aliphatic heterocycles. The molecule has 1 aromatic heterocycles. The molecule has 1 heterocycles. The first-order chi connectivity index (χ1) is 7.16. The highest BCUT2D eigenvalue weighted by Gasteiger charge is 2.24. The van der Waals surface area contributed by atoms with E-state index in [0.717, 1.165) is 5.69 Å². The number of hydrogen-bond acceptors (Lipinski definition) is 2. The van der Waals surface area contributed by atoms with E-state index < -0.39 is 0 Å². The van der Waals surface area contributed by atoms with Crippen molar-refractivity contribution in [1.29, 1.82) is 0 Å². The second-order valence-electron chi connectivity index (χ2n) is 3.86. The summed E-state index contributed by atoms with van der Waals surface area (Å²) in [4.78, 5) is 14.9. The van der Waals surface area contributed by atoms with Gasteiger partial charge in [-0.15, -0.1) is 0 Å². The first-order valence-corrected chi connectivity index (χ1v) is 5.19. The lowest BCUT2D eigenvalue weighted by atomic mass is 9.92. The van der Waals surface area contributed by atoms with Gasteiger partial charge in [-0.05, 0) is 12.0 Å². The molecule has 83 valence electrons. The van der Waals surface area contributed by atoms with E-state index in [-0.39, 0.29) is 17.7 Å². The number of amides is 1. The van der Waals surface area contributed by atoms with Gasteiger partial charge in [-0.3, -0.25) is 4.79 Å². The minimum atomic E-state index is -0.150. The summed E-state index contributed by atoms with van der Waals surface area (Å²) in [7, 11) is 0. The molecular formula is C11H18N3O. The summed E-state index contributed by atoms with van der Waals surface area (Å²) in [5.74, 6) is 0.115. The zero-order valence-electron chi connectivity index (χ0n) is 9.21. The maximum absolute atomic E-state index is 11.8. The average Bonchev–Trinajstić information content (AvgIpc) is 2.67. The van der Waals surface area contributed by atoms with Gasteiger partial charge in [-0.1, -0.05) is 13.8 Å².